The highest BCUT2D eigenvalue weighted by Gasteiger charge is 2.18. The van der Waals surface area contributed by atoms with Crippen LogP contribution in [0.25, 0.3) is 0 Å². The number of aliphatic hydroxyl groups is 1. The summed E-state index contributed by atoms with van der Waals surface area (Å²) in [4.78, 5) is 2.36. The highest BCUT2D eigenvalue weighted by molar-refractivity contribution is 7.12. The maximum absolute atomic E-state index is 10.5. The highest BCUT2D eigenvalue weighted by Crippen LogP contribution is 2.36. The molecule has 0 aliphatic carbocycles. The maximum Gasteiger partial charge on any atom is 0.161 e. The van der Waals surface area contributed by atoms with Crippen molar-refractivity contribution in [3.8, 4) is 11.5 Å². The molecule has 100 valence electrons. The first-order valence-electron chi connectivity index (χ1n) is 6.29. The summed E-state index contributed by atoms with van der Waals surface area (Å²) in [6.45, 7) is 5.23. The van der Waals surface area contributed by atoms with E-state index >= 15 is 0 Å². The van der Waals surface area contributed by atoms with E-state index in [1.54, 1.807) is 11.3 Å². The Hall–Kier alpha value is -1.52. The molecule has 1 unspecified atom stereocenters. The number of hydrogen-bond acceptors (Lipinski definition) is 4. The van der Waals surface area contributed by atoms with Gasteiger partial charge in [-0.15, -0.1) is 11.3 Å². The molecule has 0 radical (unpaired) electrons. The second kappa shape index (κ2) is 4.87. The van der Waals surface area contributed by atoms with Crippen molar-refractivity contribution in [3.05, 3.63) is 45.1 Å². The number of benzene rings is 1. The van der Waals surface area contributed by atoms with Gasteiger partial charge in [0.05, 0.1) is 0 Å². The summed E-state index contributed by atoms with van der Waals surface area (Å²) >= 11 is 1.71. The molecule has 1 aliphatic heterocycles. The topological polar surface area (TPSA) is 38.7 Å². The van der Waals surface area contributed by atoms with Crippen LogP contribution in [0.1, 0.15) is 27.0 Å². The Kier molecular flexibility index (Phi) is 3.21. The number of hydrogen-bond donors (Lipinski definition) is 1. The van der Waals surface area contributed by atoms with Gasteiger partial charge in [-0.2, -0.15) is 0 Å². The SMILES string of the molecule is Cc1cc(C(O)c2ccc3c(c2)OCCO3)c(C)s1. The fourth-order valence-electron chi connectivity index (χ4n) is 2.33. The third-order valence-electron chi connectivity index (χ3n) is 3.26. The molecule has 1 aliphatic rings. The van der Waals surface area contributed by atoms with E-state index in [1.165, 1.54) is 4.88 Å². The number of thiophene rings is 1. The summed E-state index contributed by atoms with van der Waals surface area (Å²) in [6.07, 6.45) is -0.610. The van der Waals surface area contributed by atoms with Crippen LogP contribution < -0.4 is 9.47 Å². The van der Waals surface area contributed by atoms with Crippen LogP contribution in [0.2, 0.25) is 0 Å². The minimum atomic E-state index is -0.610. The predicted octanol–water partition coefficient (Wildman–Crippen LogP) is 3.22. The van der Waals surface area contributed by atoms with Crippen molar-refractivity contribution in [2.24, 2.45) is 0 Å². The first kappa shape index (κ1) is 12.5. The molecule has 1 atom stereocenters. The zero-order chi connectivity index (χ0) is 13.4. The van der Waals surface area contributed by atoms with Gasteiger partial charge in [0.15, 0.2) is 11.5 Å². The van der Waals surface area contributed by atoms with E-state index < -0.39 is 6.10 Å². The molecule has 0 amide bonds. The standard InChI is InChI=1S/C15H16O3S/c1-9-7-12(10(2)19-9)15(16)11-3-4-13-14(8-11)18-6-5-17-13/h3-4,7-8,15-16H,5-6H2,1-2H3. The van der Waals surface area contributed by atoms with Crippen molar-refractivity contribution in [1.29, 1.82) is 0 Å². The number of ether oxygens (including phenoxy) is 2. The van der Waals surface area contributed by atoms with Crippen LogP contribution in [0.4, 0.5) is 0 Å². The fraction of sp³-hybridized carbons (Fsp3) is 0.333. The quantitative estimate of drug-likeness (QED) is 0.915. The Morgan fingerprint density at radius 2 is 1.84 bits per heavy atom. The van der Waals surface area contributed by atoms with Gasteiger partial charge in [-0.05, 0) is 43.2 Å². The second-order valence-corrected chi connectivity index (χ2v) is 6.13. The zero-order valence-corrected chi connectivity index (χ0v) is 11.8. The molecule has 1 aromatic heterocycles. The van der Waals surface area contributed by atoms with Gasteiger partial charge in [-0.25, -0.2) is 0 Å². The molecule has 0 bridgehead atoms. The molecule has 0 fully saturated rings. The van der Waals surface area contributed by atoms with Crippen molar-refractivity contribution in [1.82, 2.24) is 0 Å². The first-order valence-corrected chi connectivity index (χ1v) is 7.11. The Bertz CT molecular complexity index is 603. The smallest absolute Gasteiger partial charge is 0.161 e. The summed E-state index contributed by atoms with van der Waals surface area (Å²) in [7, 11) is 0. The third kappa shape index (κ3) is 2.33. The van der Waals surface area contributed by atoms with E-state index in [4.69, 9.17) is 9.47 Å². The predicted molar refractivity (Wildman–Crippen MR) is 75.3 cm³/mol. The van der Waals surface area contributed by atoms with E-state index in [-0.39, 0.29) is 0 Å². The molecule has 2 heterocycles. The molecule has 1 N–H and O–H groups in total. The molecule has 0 saturated carbocycles. The molecule has 2 aromatic rings. The van der Waals surface area contributed by atoms with E-state index in [0.717, 1.165) is 21.8 Å². The lowest BCUT2D eigenvalue weighted by Gasteiger charge is -2.20. The molecule has 0 saturated heterocycles. The minimum Gasteiger partial charge on any atom is -0.486 e. The van der Waals surface area contributed by atoms with Crippen molar-refractivity contribution in [3.63, 3.8) is 0 Å². The molecule has 19 heavy (non-hydrogen) atoms. The third-order valence-corrected chi connectivity index (χ3v) is 4.24. The van der Waals surface area contributed by atoms with Crippen LogP contribution in [-0.4, -0.2) is 18.3 Å². The number of fused-ring (bicyclic) bond motifs is 1. The van der Waals surface area contributed by atoms with Crippen molar-refractivity contribution in [2.45, 2.75) is 20.0 Å². The van der Waals surface area contributed by atoms with Crippen LogP contribution >= 0.6 is 11.3 Å². The van der Waals surface area contributed by atoms with Crippen LogP contribution in [0.3, 0.4) is 0 Å². The largest absolute Gasteiger partial charge is 0.486 e. The van der Waals surface area contributed by atoms with Crippen molar-refractivity contribution >= 4 is 11.3 Å². The molecule has 3 rings (SSSR count). The van der Waals surface area contributed by atoms with Crippen molar-refractivity contribution in [2.75, 3.05) is 13.2 Å². The monoisotopic (exact) mass is 276 g/mol. The Morgan fingerprint density at radius 3 is 2.53 bits per heavy atom. The Labute approximate surface area is 116 Å². The van der Waals surface area contributed by atoms with Gasteiger partial charge in [0, 0.05) is 9.75 Å². The summed E-state index contributed by atoms with van der Waals surface area (Å²) in [5, 5.41) is 10.5. The number of aliphatic hydroxyl groups excluding tert-OH is 1. The van der Waals surface area contributed by atoms with E-state index in [2.05, 4.69) is 6.92 Å². The molecule has 3 nitrogen and oxygen atoms in total. The van der Waals surface area contributed by atoms with E-state index in [9.17, 15) is 5.11 Å². The minimum absolute atomic E-state index is 0.559. The maximum atomic E-state index is 10.5. The summed E-state index contributed by atoms with van der Waals surface area (Å²) in [6, 6.07) is 7.67. The fourth-order valence-corrected chi connectivity index (χ4v) is 3.29. The van der Waals surface area contributed by atoms with Gasteiger partial charge < -0.3 is 14.6 Å². The zero-order valence-electron chi connectivity index (χ0n) is 11.0. The second-order valence-electron chi connectivity index (χ2n) is 4.67. The van der Waals surface area contributed by atoms with Gasteiger partial charge in [0.25, 0.3) is 0 Å². The van der Waals surface area contributed by atoms with Gasteiger partial charge in [0.2, 0.25) is 0 Å². The Morgan fingerprint density at radius 1 is 1.11 bits per heavy atom. The van der Waals surface area contributed by atoms with Gasteiger partial charge in [0.1, 0.15) is 19.3 Å². The van der Waals surface area contributed by atoms with Crippen LogP contribution in [-0.2, 0) is 0 Å². The molecule has 4 heteroatoms. The van der Waals surface area contributed by atoms with Crippen LogP contribution in [0.5, 0.6) is 11.5 Å². The molecular weight excluding hydrogens is 260 g/mol. The summed E-state index contributed by atoms with van der Waals surface area (Å²) < 4.78 is 11.0. The van der Waals surface area contributed by atoms with Crippen molar-refractivity contribution < 1.29 is 14.6 Å². The molecular formula is C15H16O3S. The summed E-state index contributed by atoms with van der Waals surface area (Å²) in [5.74, 6) is 1.47. The van der Waals surface area contributed by atoms with E-state index in [0.29, 0.717) is 19.0 Å². The number of aryl methyl sites for hydroxylation is 2. The average molecular weight is 276 g/mol. The molecule has 0 spiro atoms. The van der Waals surface area contributed by atoms with E-state index in [1.807, 2.05) is 31.2 Å². The van der Waals surface area contributed by atoms with Gasteiger partial charge in [-0.3, -0.25) is 0 Å². The van der Waals surface area contributed by atoms with Gasteiger partial charge in [-0.1, -0.05) is 6.07 Å². The summed E-state index contributed by atoms with van der Waals surface area (Å²) in [5.41, 5.74) is 1.81. The van der Waals surface area contributed by atoms with Crippen LogP contribution in [0, 0.1) is 13.8 Å². The highest BCUT2D eigenvalue weighted by atomic mass is 32.1. The first-order chi connectivity index (χ1) is 9.15. The lowest BCUT2D eigenvalue weighted by Crippen LogP contribution is -2.15. The average Bonchev–Trinajstić information content (AvgIpc) is 2.76. The Balaban J connectivity index is 1.95. The lowest BCUT2D eigenvalue weighted by molar-refractivity contribution is 0.169. The van der Waals surface area contributed by atoms with Crippen LogP contribution in [0.15, 0.2) is 24.3 Å². The normalized spacial score (nSPS) is 15.3. The lowest BCUT2D eigenvalue weighted by atomic mass is 10.0. The van der Waals surface area contributed by atoms with Gasteiger partial charge >= 0.3 is 0 Å². The number of rotatable bonds is 2. The molecule has 1 aromatic carbocycles.